The number of carbonyl (C=O) groups excluding carboxylic acids is 1. The maximum atomic E-state index is 10.2. The van der Waals surface area contributed by atoms with Gasteiger partial charge in [-0.05, 0) is 36.4 Å². The van der Waals surface area contributed by atoms with Gasteiger partial charge in [-0.15, -0.1) is 0 Å². The summed E-state index contributed by atoms with van der Waals surface area (Å²) in [5.74, 6) is 0. The van der Waals surface area contributed by atoms with Crippen LogP contribution in [-0.4, -0.2) is 19.7 Å². The minimum Gasteiger partial charge on any atom is -0.355 e. The SMILES string of the molecule is C=C/C(=C\C=NC)Nc1ccc(NC=O)cc1. The number of benzene rings is 1. The van der Waals surface area contributed by atoms with Crippen molar-refractivity contribution in [2.45, 2.75) is 0 Å². The molecule has 88 valence electrons. The Morgan fingerprint density at radius 1 is 1.29 bits per heavy atom. The fourth-order valence-electron chi connectivity index (χ4n) is 1.20. The van der Waals surface area contributed by atoms with Crippen molar-refractivity contribution in [3.63, 3.8) is 0 Å². The number of carbonyl (C=O) groups is 1. The molecule has 0 heterocycles. The van der Waals surface area contributed by atoms with Gasteiger partial charge in [0, 0.05) is 30.3 Å². The molecule has 0 atom stereocenters. The molecule has 0 aromatic heterocycles. The van der Waals surface area contributed by atoms with Gasteiger partial charge in [-0.25, -0.2) is 0 Å². The molecule has 4 nitrogen and oxygen atoms in total. The summed E-state index contributed by atoms with van der Waals surface area (Å²) in [7, 11) is 1.71. The van der Waals surface area contributed by atoms with E-state index in [1.165, 1.54) is 0 Å². The summed E-state index contributed by atoms with van der Waals surface area (Å²) < 4.78 is 0. The number of nitrogens with zero attached hydrogens (tertiary/aromatic N) is 1. The molecule has 0 unspecified atom stereocenters. The number of aliphatic imine (C=N–C) groups is 1. The van der Waals surface area contributed by atoms with E-state index in [1.54, 1.807) is 19.3 Å². The zero-order valence-corrected chi connectivity index (χ0v) is 9.68. The smallest absolute Gasteiger partial charge is 0.211 e. The molecular weight excluding hydrogens is 214 g/mol. The van der Waals surface area contributed by atoms with E-state index in [1.807, 2.05) is 30.3 Å². The first kappa shape index (κ1) is 12.7. The van der Waals surface area contributed by atoms with Crippen molar-refractivity contribution >= 4 is 24.0 Å². The van der Waals surface area contributed by atoms with Crippen molar-refractivity contribution in [2.24, 2.45) is 4.99 Å². The lowest BCUT2D eigenvalue weighted by Crippen LogP contribution is -1.98. The standard InChI is InChI=1S/C13H15N3O/c1-3-11(8-9-14-2)16-13-6-4-12(5-7-13)15-10-17/h3-10,16H,1H2,2H3,(H,15,17)/b11-8+,14-9?. The summed E-state index contributed by atoms with van der Waals surface area (Å²) in [6.45, 7) is 3.71. The first-order chi connectivity index (χ1) is 8.30. The Morgan fingerprint density at radius 3 is 2.47 bits per heavy atom. The van der Waals surface area contributed by atoms with E-state index in [-0.39, 0.29) is 0 Å². The quantitative estimate of drug-likeness (QED) is 0.447. The molecule has 1 rings (SSSR count). The summed E-state index contributed by atoms with van der Waals surface area (Å²) >= 11 is 0. The van der Waals surface area contributed by atoms with Crippen LogP contribution < -0.4 is 10.6 Å². The number of amides is 1. The summed E-state index contributed by atoms with van der Waals surface area (Å²) in [6.07, 6.45) is 5.87. The van der Waals surface area contributed by atoms with Crippen molar-refractivity contribution < 1.29 is 4.79 Å². The summed E-state index contributed by atoms with van der Waals surface area (Å²) in [5, 5.41) is 5.74. The van der Waals surface area contributed by atoms with Crippen LogP contribution in [0.15, 0.2) is 53.7 Å². The fourth-order valence-corrected chi connectivity index (χ4v) is 1.20. The molecule has 0 saturated carbocycles. The lowest BCUT2D eigenvalue weighted by molar-refractivity contribution is -0.105. The molecule has 1 amide bonds. The second-order valence-electron chi connectivity index (χ2n) is 3.20. The van der Waals surface area contributed by atoms with E-state index in [0.717, 1.165) is 17.1 Å². The maximum absolute atomic E-state index is 10.2. The van der Waals surface area contributed by atoms with Crippen LogP contribution in [0.2, 0.25) is 0 Å². The van der Waals surface area contributed by atoms with Gasteiger partial charge in [-0.2, -0.15) is 0 Å². The summed E-state index contributed by atoms with van der Waals surface area (Å²) in [4.78, 5) is 14.1. The van der Waals surface area contributed by atoms with Crippen molar-refractivity contribution in [1.82, 2.24) is 0 Å². The Morgan fingerprint density at radius 2 is 1.94 bits per heavy atom. The predicted octanol–water partition coefficient (Wildman–Crippen LogP) is 2.44. The van der Waals surface area contributed by atoms with E-state index in [0.29, 0.717) is 6.41 Å². The minimum atomic E-state index is 0.648. The van der Waals surface area contributed by atoms with Crippen LogP contribution in [0.25, 0.3) is 0 Å². The molecule has 0 spiro atoms. The van der Waals surface area contributed by atoms with Crippen LogP contribution in [-0.2, 0) is 4.79 Å². The van der Waals surface area contributed by atoms with Crippen LogP contribution in [0.3, 0.4) is 0 Å². The van der Waals surface area contributed by atoms with Crippen LogP contribution in [0.5, 0.6) is 0 Å². The molecule has 4 heteroatoms. The van der Waals surface area contributed by atoms with Gasteiger partial charge in [0.25, 0.3) is 0 Å². The molecule has 17 heavy (non-hydrogen) atoms. The molecule has 1 aromatic carbocycles. The maximum Gasteiger partial charge on any atom is 0.211 e. The third-order valence-electron chi connectivity index (χ3n) is 2.02. The zero-order valence-electron chi connectivity index (χ0n) is 9.68. The Hall–Kier alpha value is -2.36. The average Bonchev–Trinajstić information content (AvgIpc) is 2.37. The van der Waals surface area contributed by atoms with Gasteiger partial charge >= 0.3 is 0 Å². The largest absolute Gasteiger partial charge is 0.355 e. The average molecular weight is 229 g/mol. The number of hydrogen-bond acceptors (Lipinski definition) is 3. The second-order valence-corrected chi connectivity index (χ2v) is 3.20. The van der Waals surface area contributed by atoms with Gasteiger partial charge < -0.3 is 10.6 Å². The Bertz CT molecular complexity index is 432. The highest BCUT2D eigenvalue weighted by atomic mass is 16.1. The van der Waals surface area contributed by atoms with Crippen LogP contribution in [0.4, 0.5) is 11.4 Å². The van der Waals surface area contributed by atoms with Gasteiger partial charge in [-0.1, -0.05) is 6.58 Å². The highest BCUT2D eigenvalue weighted by Gasteiger charge is 1.94. The number of anilines is 2. The molecule has 0 radical (unpaired) electrons. The molecule has 0 aliphatic heterocycles. The summed E-state index contributed by atoms with van der Waals surface area (Å²) in [5.41, 5.74) is 2.52. The van der Waals surface area contributed by atoms with E-state index >= 15 is 0 Å². The van der Waals surface area contributed by atoms with E-state index < -0.39 is 0 Å². The van der Waals surface area contributed by atoms with Gasteiger partial charge in [-0.3, -0.25) is 9.79 Å². The zero-order chi connectivity index (χ0) is 12.5. The second kappa shape index (κ2) is 7.00. The van der Waals surface area contributed by atoms with E-state index in [4.69, 9.17) is 0 Å². The third-order valence-corrected chi connectivity index (χ3v) is 2.02. The fraction of sp³-hybridized carbons (Fsp3) is 0.0769. The molecule has 0 fully saturated rings. The lowest BCUT2D eigenvalue weighted by Gasteiger charge is -2.07. The Kier molecular flexibility index (Phi) is 5.24. The lowest BCUT2D eigenvalue weighted by atomic mass is 10.2. The topological polar surface area (TPSA) is 53.5 Å². The monoisotopic (exact) mass is 229 g/mol. The molecule has 0 bridgehead atoms. The van der Waals surface area contributed by atoms with Gasteiger partial charge in [0.1, 0.15) is 0 Å². The number of allylic oxidation sites excluding steroid dienone is 2. The Balaban J connectivity index is 2.73. The van der Waals surface area contributed by atoms with E-state index in [2.05, 4.69) is 22.2 Å². The molecule has 0 saturated heterocycles. The van der Waals surface area contributed by atoms with Crippen LogP contribution in [0.1, 0.15) is 0 Å². The van der Waals surface area contributed by atoms with Crippen molar-refractivity contribution in [3.05, 3.63) is 48.7 Å². The molecule has 0 aliphatic carbocycles. The number of rotatable bonds is 6. The van der Waals surface area contributed by atoms with Gasteiger partial charge in [0.05, 0.1) is 0 Å². The Labute approximate surface area is 101 Å². The third kappa shape index (κ3) is 4.34. The molecule has 1 aromatic rings. The van der Waals surface area contributed by atoms with E-state index in [9.17, 15) is 4.79 Å². The summed E-state index contributed by atoms with van der Waals surface area (Å²) in [6, 6.07) is 7.36. The molecule has 0 aliphatic rings. The normalized spacial score (nSPS) is 11.2. The van der Waals surface area contributed by atoms with Crippen LogP contribution in [0, 0.1) is 0 Å². The predicted molar refractivity (Wildman–Crippen MR) is 72.4 cm³/mol. The van der Waals surface area contributed by atoms with Gasteiger partial charge in [0.2, 0.25) is 6.41 Å². The highest BCUT2D eigenvalue weighted by molar-refractivity contribution is 5.75. The molecular formula is C13H15N3O. The molecule has 2 N–H and O–H groups in total. The van der Waals surface area contributed by atoms with Gasteiger partial charge in [0.15, 0.2) is 0 Å². The minimum absolute atomic E-state index is 0.648. The van der Waals surface area contributed by atoms with Crippen molar-refractivity contribution in [3.8, 4) is 0 Å². The first-order valence-electron chi connectivity index (χ1n) is 5.12. The van der Waals surface area contributed by atoms with Crippen molar-refractivity contribution in [2.75, 3.05) is 17.7 Å². The number of nitrogens with one attached hydrogen (secondary N) is 2. The first-order valence-corrected chi connectivity index (χ1v) is 5.12. The van der Waals surface area contributed by atoms with Crippen LogP contribution >= 0.6 is 0 Å². The van der Waals surface area contributed by atoms with Crippen molar-refractivity contribution in [1.29, 1.82) is 0 Å². The number of hydrogen-bond donors (Lipinski definition) is 2. The highest BCUT2D eigenvalue weighted by Crippen LogP contribution is 2.14.